The molecule has 2 heterocycles. The van der Waals surface area contributed by atoms with E-state index in [0.717, 1.165) is 19.5 Å². The van der Waals surface area contributed by atoms with E-state index in [4.69, 9.17) is 10.7 Å². The summed E-state index contributed by atoms with van der Waals surface area (Å²) in [7, 11) is 0. The third kappa shape index (κ3) is 2.29. The first kappa shape index (κ1) is 12.0. The molecule has 2 rings (SSSR count). The first-order valence-corrected chi connectivity index (χ1v) is 6.86. The zero-order valence-electron chi connectivity index (χ0n) is 10.4. The van der Waals surface area contributed by atoms with Gasteiger partial charge in [0.05, 0.1) is 10.7 Å². The summed E-state index contributed by atoms with van der Waals surface area (Å²) in [6.45, 7) is 9.59. The summed E-state index contributed by atoms with van der Waals surface area (Å²) in [6.07, 6.45) is 1.10. The lowest BCUT2D eigenvalue weighted by Gasteiger charge is -2.29. The summed E-state index contributed by atoms with van der Waals surface area (Å²) in [5.74, 6) is 0.406. The fraction of sp³-hybridized carbons (Fsp3) is 0.750. The molecule has 90 valence electrons. The summed E-state index contributed by atoms with van der Waals surface area (Å²) >= 11 is 1.86. The highest BCUT2D eigenvalue weighted by Crippen LogP contribution is 2.29. The smallest absolute Gasteiger partial charge is 0.0972 e. The Labute approximate surface area is 102 Å². The molecule has 1 unspecified atom stereocenters. The van der Waals surface area contributed by atoms with Crippen LogP contribution in [0, 0.1) is 0 Å². The van der Waals surface area contributed by atoms with Crippen molar-refractivity contribution in [3.63, 3.8) is 0 Å². The van der Waals surface area contributed by atoms with Crippen molar-refractivity contribution in [1.29, 1.82) is 0 Å². The summed E-state index contributed by atoms with van der Waals surface area (Å²) < 4.78 is 0. The third-order valence-electron chi connectivity index (χ3n) is 3.28. The van der Waals surface area contributed by atoms with Gasteiger partial charge in [-0.2, -0.15) is 0 Å². The minimum absolute atomic E-state index is 0.406. The predicted molar refractivity (Wildman–Crippen MR) is 68.8 cm³/mol. The Kier molecular flexibility index (Phi) is 3.62. The van der Waals surface area contributed by atoms with Crippen LogP contribution in [0.5, 0.6) is 0 Å². The largest absolute Gasteiger partial charge is 0.330 e. The first-order valence-electron chi connectivity index (χ1n) is 6.04. The fourth-order valence-corrected chi connectivity index (χ4v) is 3.19. The molecule has 4 heteroatoms. The van der Waals surface area contributed by atoms with Gasteiger partial charge in [-0.15, -0.1) is 11.3 Å². The number of fused-ring (bicyclic) bond motifs is 1. The fourth-order valence-electron chi connectivity index (χ4n) is 1.99. The van der Waals surface area contributed by atoms with Crippen molar-refractivity contribution in [3.05, 3.63) is 15.6 Å². The topological polar surface area (TPSA) is 42.1 Å². The Balaban J connectivity index is 2.16. The number of hydrogen-bond acceptors (Lipinski definition) is 4. The molecule has 0 aliphatic carbocycles. The van der Waals surface area contributed by atoms with Gasteiger partial charge in [-0.05, 0) is 13.8 Å². The van der Waals surface area contributed by atoms with Crippen molar-refractivity contribution < 1.29 is 0 Å². The van der Waals surface area contributed by atoms with Crippen molar-refractivity contribution in [2.75, 3.05) is 13.1 Å². The van der Waals surface area contributed by atoms with Crippen LogP contribution in [-0.2, 0) is 13.0 Å². The molecule has 2 N–H and O–H groups in total. The van der Waals surface area contributed by atoms with Gasteiger partial charge in [0.2, 0.25) is 0 Å². The normalized spacial score (nSPS) is 18.8. The lowest BCUT2D eigenvalue weighted by Crippen LogP contribution is -2.35. The number of thiazole rings is 1. The molecule has 1 aromatic rings. The van der Waals surface area contributed by atoms with Gasteiger partial charge in [0.15, 0.2) is 0 Å². The predicted octanol–water partition coefficient (Wildman–Crippen LogP) is 1.97. The lowest BCUT2D eigenvalue weighted by molar-refractivity contribution is 0.205. The Morgan fingerprint density at radius 2 is 2.19 bits per heavy atom. The molecule has 1 atom stereocenters. The van der Waals surface area contributed by atoms with E-state index in [9.17, 15) is 0 Å². The van der Waals surface area contributed by atoms with E-state index in [-0.39, 0.29) is 0 Å². The minimum atomic E-state index is 0.406. The maximum atomic E-state index is 5.69. The Morgan fingerprint density at radius 3 is 2.81 bits per heavy atom. The van der Waals surface area contributed by atoms with Gasteiger partial charge in [-0.25, -0.2) is 4.98 Å². The SMILES string of the molecule is CC(CN)c1nc2c(s1)CN(C(C)C)CC2. The third-order valence-corrected chi connectivity index (χ3v) is 4.60. The summed E-state index contributed by atoms with van der Waals surface area (Å²) in [5, 5.41) is 1.22. The Bertz CT molecular complexity index is 359. The molecule has 1 aromatic heterocycles. The maximum absolute atomic E-state index is 5.69. The molecule has 0 amide bonds. The maximum Gasteiger partial charge on any atom is 0.0972 e. The van der Waals surface area contributed by atoms with Gasteiger partial charge >= 0.3 is 0 Å². The van der Waals surface area contributed by atoms with Crippen LogP contribution in [0.25, 0.3) is 0 Å². The lowest BCUT2D eigenvalue weighted by atomic mass is 10.1. The zero-order valence-corrected chi connectivity index (χ0v) is 11.2. The molecule has 3 nitrogen and oxygen atoms in total. The van der Waals surface area contributed by atoms with Crippen LogP contribution >= 0.6 is 11.3 Å². The number of aromatic nitrogens is 1. The molecule has 0 radical (unpaired) electrons. The number of nitrogens with zero attached hydrogens (tertiary/aromatic N) is 2. The van der Waals surface area contributed by atoms with E-state index in [0.29, 0.717) is 18.5 Å². The summed E-state index contributed by atoms with van der Waals surface area (Å²) in [4.78, 5) is 8.69. The highest BCUT2D eigenvalue weighted by Gasteiger charge is 2.23. The van der Waals surface area contributed by atoms with E-state index in [1.165, 1.54) is 15.6 Å². The van der Waals surface area contributed by atoms with Crippen molar-refractivity contribution in [3.8, 4) is 0 Å². The zero-order chi connectivity index (χ0) is 11.7. The van der Waals surface area contributed by atoms with Crippen LogP contribution in [0.4, 0.5) is 0 Å². The van der Waals surface area contributed by atoms with Crippen molar-refractivity contribution >= 4 is 11.3 Å². The Morgan fingerprint density at radius 1 is 1.44 bits per heavy atom. The van der Waals surface area contributed by atoms with Gasteiger partial charge in [-0.1, -0.05) is 6.92 Å². The molecule has 16 heavy (non-hydrogen) atoms. The van der Waals surface area contributed by atoms with Crippen molar-refractivity contribution in [2.45, 2.75) is 45.7 Å². The Hall–Kier alpha value is -0.450. The molecule has 1 aliphatic rings. The summed E-state index contributed by atoms with van der Waals surface area (Å²) in [5.41, 5.74) is 7.01. The number of rotatable bonds is 3. The van der Waals surface area contributed by atoms with E-state index in [1.807, 2.05) is 11.3 Å². The molecular weight excluding hydrogens is 218 g/mol. The molecule has 0 spiro atoms. The second kappa shape index (κ2) is 4.82. The van der Waals surface area contributed by atoms with Crippen LogP contribution in [0.15, 0.2) is 0 Å². The van der Waals surface area contributed by atoms with Crippen LogP contribution in [0.1, 0.15) is 42.3 Å². The average Bonchev–Trinajstić information content (AvgIpc) is 2.70. The van der Waals surface area contributed by atoms with Crippen LogP contribution in [0.3, 0.4) is 0 Å². The summed E-state index contributed by atoms with van der Waals surface area (Å²) in [6, 6.07) is 0.630. The molecule has 0 fully saturated rings. The van der Waals surface area contributed by atoms with Crippen LogP contribution in [-0.4, -0.2) is 29.0 Å². The quantitative estimate of drug-likeness (QED) is 0.877. The standard InChI is InChI=1S/C12H21N3S/c1-8(2)15-5-4-10-11(7-15)16-12(14-10)9(3)6-13/h8-9H,4-7,13H2,1-3H3. The number of hydrogen-bond donors (Lipinski definition) is 1. The van der Waals surface area contributed by atoms with E-state index >= 15 is 0 Å². The van der Waals surface area contributed by atoms with Gasteiger partial charge in [-0.3, -0.25) is 4.90 Å². The second-order valence-corrected chi connectivity index (χ2v) is 5.99. The minimum Gasteiger partial charge on any atom is -0.330 e. The van der Waals surface area contributed by atoms with Gasteiger partial charge in [0.25, 0.3) is 0 Å². The second-order valence-electron chi connectivity index (χ2n) is 4.87. The van der Waals surface area contributed by atoms with Crippen molar-refractivity contribution in [1.82, 2.24) is 9.88 Å². The van der Waals surface area contributed by atoms with Gasteiger partial charge < -0.3 is 5.73 Å². The highest BCUT2D eigenvalue weighted by atomic mass is 32.1. The highest BCUT2D eigenvalue weighted by molar-refractivity contribution is 7.11. The van der Waals surface area contributed by atoms with E-state index in [2.05, 4.69) is 25.7 Å². The molecule has 0 saturated carbocycles. The average molecular weight is 239 g/mol. The number of nitrogens with two attached hydrogens (primary N) is 1. The molecule has 0 bridgehead atoms. The molecule has 0 saturated heterocycles. The van der Waals surface area contributed by atoms with Gasteiger partial charge in [0, 0.05) is 42.9 Å². The van der Waals surface area contributed by atoms with Crippen molar-refractivity contribution in [2.24, 2.45) is 5.73 Å². The molecule has 0 aromatic carbocycles. The van der Waals surface area contributed by atoms with Gasteiger partial charge in [0.1, 0.15) is 0 Å². The monoisotopic (exact) mass is 239 g/mol. The van der Waals surface area contributed by atoms with Crippen LogP contribution in [0.2, 0.25) is 0 Å². The van der Waals surface area contributed by atoms with E-state index in [1.54, 1.807) is 0 Å². The van der Waals surface area contributed by atoms with Crippen LogP contribution < -0.4 is 5.73 Å². The molecular formula is C12H21N3S. The first-order chi connectivity index (χ1) is 7.61. The molecule has 1 aliphatic heterocycles. The van der Waals surface area contributed by atoms with E-state index < -0.39 is 0 Å².